The number of carbonyl (C=O) groups excluding carboxylic acids is 2. The van der Waals surface area contributed by atoms with E-state index in [1.807, 2.05) is 71.2 Å². The summed E-state index contributed by atoms with van der Waals surface area (Å²) in [6.07, 6.45) is 1.23. The maximum atomic E-state index is 13.8. The van der Waals surface area contributed by atoms with Crippen molar-refractivity contribution in [3.05, 3.63) is 41.9 Å². The molecule has 1 aliphatic heterocycles. The van der Waals surface area contributed by atoms with Gasteiger partial charge < -0.3 is 25.4 Å². The van der Waals surface area contributed by atoms with Crippen molar-refractivity contribution < 1.29 is 24.2 Å². The summed E-state index contributed by atoms with van der Waals surface area (Å²) in [5.41, 5.74) is 0.909. The van der Waals surface area contributed by atoms with Crippen molar-refractivity contribution in [2.75, 3.05) is 6.54 Å². The summed E-state index contributed by atoms with van der Waals surface area (Å²) in [5, 5.41) is 17.5. The second kappa shape index (κ2) is 10.8. The average Bonchev–Trinajstić information content (AvgIpc) is 3.48. The van der Waals surface area contributed by atoms with Crippen LogP contribution in [-0.2, 0) is 9.59 Å². The summed E-state index contributed by atoms with van der Waals surface area (Å²) >= 11 is 1.48. The molecular weight excluding hydrogens is 518 g/mol. The van der Waals surface area contributed by atoms with Crippen molar-refractivity contribution in [1.29, 1.82) is 0 Å². The van der Waals surface area contributed by atoms with Crippen LogP contribution in [0.25, 0.3) is 21.6 Å². The van der Waals surface area contributed by atoms with E-state index in [4.69, 9.17) is 9.72 Å². The highest BCUT2D eigenvalue weighted by Crippen LogP contribution is 2.36. The molecular formula is C28H35N5O5S. The van der Waals surface area contributed by atoms with Gasteiger partial charge in [0.1, 0.15) is 23.9 Å². The summed E-state index contributed by atoms with van der Waals surface area (Å²) in [6, 6.07) is 6.74. The highest BCUT2D eigenvalue weighted by Gasteiger charge is 2.46. The number of thiophene rings is 1. The number of aromatic nitrogens is 2. The lowest BCUT2D eigenvalue weighted by Crippen LogP contribution is -2.60. The summed E-state index contributed by atoms with van der Waals surface area (Å²) in [7, 11) is 0. The van der Waals surface area contributed by atoms with Gasteiger partial charge in [-0.15, -0.1) is 11.3 Å². The fourth-order valence-electron chi connectivity index (χ4n) is 4.52. The molecule has 4 rings (SSSR count). The number of hydrogen-bond donors (Lipinski definition) is 3. The summed E-state index contributed by atoms with van der Waals surface area (Å²) < 4.78 is 7.20. The molecule has 1 saturated heterocycles. The highest BCUT2D eigenvalue weighted by molar-refractivity contribution is 7.17. The Kier molecular flexibility index (Phi) is 7.83. The minimum Gasteiger partial charge on any atom is -0.487 e. The smallest absolute Gasteiger partial charge is 0.326 e. The fraction of sp³-hybridized carbons (Fsp3) is 0.464. The van der Waals surface area contributed by atoms with Gasteiger partial charge in [-0.05, 0) is 49.8 Å². The third-order valence-electron chi connectivity index (χ3n) is 6.31. The van der Waals surface area contributed by atoms with Gasteiger partial charge in [-0.25, -0.2) is 14.6 Å². The standard InChI is InChI=1S/C28H35N5O5S/c1-27(2,3)23(31-26(37)32-28(4,5)6)24(34)33-15-16(13-20(33)25(35)36)38-21-14-19(17-9-7-8-11-29-17)30-18-10-12-39-22(18)21/h7-12,14,16,20,23H,13,15H2,1-6H3,(H,35,36)(H2,31,32,37)/t16-,20?,23-/m1/s1. The van der Waals surface area contributed by atoms with Crippen LogP contribution in [0.3, 0.4) is 0 Å². The number of rotatable bonds is 6. The van der Waals surface area contributed by atoms with Crippen LogP contribution in [0.4, 0.5) is 4.79 Å². The minimum atomic E-state index is -1.12. The Morgan fingerprint density at radius 2 is 1.87 bits per heavy atom. The molecule has 3 atom stereocenters. The number of ether oxygens (including phenoxy) is 1. The molecule has 3 aromatic heterocycles. The van der Waals surface area contributed by atoms with Crippen molar-refractivity contribution >= 4 is 39.5 Å². The molecule has 0 bridgehead atoms. The van der Waals surface area contributed by atoms with E-state index in [1.165, 1.54) is 16.2 Å². The number of carboxylic acids is 1. The Labute approximate surface area is 231 Å². The molecule has 0 aliphatic carbocycles. The quantitative estimate of drug-likeness (QED) is 0.414. The maximum Gasteiger partial charge on any atom is 0.326 e. The van der Waals surface area contributed by atoms with Crippen molar-refractivity contribution in [2.45, 2.75) is 71.7 Å². The zero-order chi connectivity index (χ0) is 28.5. The number of nitrogens with zero attached hydrogens (tertiary/aromatic N) is 3. The van der Waals surface area contributed by atoms with Crippen LogP contribution in [0.1, 0.15) is 48.0 Å². The van der Waals surface area contributed by atoms with E-state index in [2.05, 4.69) is 15.6 Å². The first-order valence-electron chi connectivity index (χ1n) is 12.8. The number of likely N-dealkylation sites (tertiary alicyclic amines) is 1. The summed E-state index contributed by atoms with van der Waals surface area (Å²) in [5.74, 6) is -1.02. The molecule has 0 spiro atoms. The van der Waals surface area contributed by atoms with Gasteiger partial charge in [0.2, 0.25) is 5.91 Å². The number of aliphatic carboxylic acids is 1. The molecule has 0 saturated carbocycles. The Balaban J connectivity index is 1.59. The molecule has 1 unspecified atom stereocenters. The van der Waals surface area contributed by atoms with Crippen molar-refractivity contribution in [3.63, 3.8) is 0 Å². The Hall–Kier alpha value is -3.73. The second-order valence-corrected chi connectivity index (χ2v) is 12.7. The van der Waals surface area contributed by atoms with Crippen LogP contribution in [-0.4, -0.2) is 68.2 Å². The first-order valence-corrected chi connectivity index (χ1v) is 13.7. The number of carbonyl (C=O) groups is 3. The van der Waals surface area contributed by atoms with E-state index in [-0.39, 0.29) is 13.0 Å². The van der Waals surface area contributed by atoms with Gasteiger partial charge >= 0.3 is 12.0 Å². The lowest BCUT2D eigenvalue weighted by atomic mass is 9.85. The molecule has 1 aliphatic rings. The van der Waals surface area contributed by atoms with E-state index >= 15 is 0 Å². The monoisotopic (exact) mass is 553 g/mol. The third kappa shape index (κ3) is 6.65. The van der Waals surface area contributed by atoms with Crippen molar-refractivity contribution in [2.24, 2.45) is 5.41 Å². The number of nitrogens with one attached hydrogen (secondary N) is 2. The van der Waals surface area contributed by atoms with Crippen LogP contribution >= 0.6 is 11.3 Å². The van der Waals surface area contributed by atoms with Gasteiger partial charge in [-0.2, -0.15) is 0 Å². The van der Waals surface area contributed by atoms with Crippen molar-refractivity contribution in [3.8, 4) is 17.1 Å². The van der Waals surface area contributed by atoms with E-state index in [9.17, 15) is 19.5 Å². The molecule has 10 nitrogen and oxygen atoms in total. The van der Waals surface area contributed by atoms with Gasteiger partial charge in [-0.3, -0.25) is 9.78 Å². The molecule has 3 N–H and O–H groups in total. The fourth-order valence-corrected chi connectivity index (χ4v) is 5.31. The summed E-state index contributed by atoms with van der Waals surface area (Å²) in [4.78, 5) is 49.1. The predicted molar refractivity (Wildman–Crippen MR) is 150 cm³/mol. The number of carboxylic acid groups (broad SMARTS) is 1. The van der Waals surface area contributed by atoms with Gasteiger partial charge in [-0.1, -0.05) is 26.8 Å². The molecule has 0 radical (unpaired) electrons. The molecule has 1 fully saturated rings. The SMILES string of the molecule is CC(C)(C)NC(=O)N[C@H](C(=O)N1C[C@H](Oc2cc(-c3ccccn3)nc3ccsc23)CC1C(=O)O)C(C)(C)C. The molecule has 3 aromatic rings. The lowest BCUT2D eigenvalue weighted by molar-refractivity contribution is -0.150. The number of hydrogen-bond acceptors (Lipinski definition) is 7. The van der Waals surface area contributed by atoms with Crippen LogP contribution in [0.15, 0.2) is 41.9 Å². The number of fused-ring (bicyclic) bond motifs is 1. The number of pyridine rings is 2. The molecule has 4 heterocycles. The lowest BCUT2D eigenvalue weighted by Gasteiger charge is -2.35. The van der Waals surface area contributed by atoms with Crippen LogP contribution in [0.2, 0.25) is 0 Å². The van der Waals surface area contributed by atoms with E-state index < -0.39 is 47.0 Å². The maximum absolute atomic E-state index is 13.8. The Morgan fingerprint density at radius 3 is 2.49 bits per heavy atom. The number of urea groups is 1. The van der Waals surface area contributed by atoms with Gasteiger partial charge in [0.15, 0.2) is 0 Å². The van der Waals surface area contributed by atoms with Crippen LogP contribution in [0, 0.1) is 5.41 Å². The van der Waals surface area contributed by atoms with Gasteiger partial charge in [0.05, 0.1) is 28.1 Å². The molecule has 3 amide bonds. The largest absolute Gasteiger partial charge is 0.487 e. The van der Waals surface area contributed by atoms with E-state index in [0.717, 1.165) is 10.2 Å². The van der Waals surface area contributed by atoms with E-state index in [0.29, 0.717) is 17.1 Å². The molecule has 0 aromatic carbocycles. The average molecular weight is 554 g/mol. The van der Waals surface area contributed by atoms with E-state index in [1.54, 1.807) is 12.3 Å². The van der Waals surface area contributed by atoms with Gasteiger partial charge in [0, 0.05) is 24.2 Å². The third-order valence-corrected chi connectivity index (χ3v) is 7.22. The second-order valence-electron chi connectivity index (χ2n) is 11.8. The highest BCUT2D eigenvalue weighted by atomic mass is 32.1. The molecule has 208 valence electrons. The minimum absolute atomic E-state index is 0.0685. The van der Waals surface area contributed by atoms with Crippen LogP contribution < -0.4 is 15.4 Å². The molecule has 39 heavy (non-hydrogen) atoms. The van der Waals surface area contributed by atoms with Crippen LogP contribution in [0.5, 0.6) is 5.75 Å². The molecule has 11 heteroatoms. The zero-order valence-electron chi connectivity index (χ0n) is 23.0. The summed E-state index contributed by atoms with van der Waals surface area (Å²) in [6.45, 7) is 11.1. The zero-order valence-corrected chi connectivity index (χ0v) is 23.8. The first-order chi connectivity index (χ1) is 18.2. The number of amides is 3. The van der Waals surface area contributed by atoms with Crippen molar-refractivity contribution in [1.82, 2.24) is 25.5 Å². The Morgan fingerprint density at radius 1 is 1.13 bits per heavy atom. The van der Waals surface area contributed by atoms with Gasteiger partial charge in [0.25, 0.3) is 0 Å². The Bertz CT molecular complexity index is 1360. The topological polar surface area (TPSA) is 134 Å². The first kappa shape index (κ1) is 28.3. The predicted octanol–water partition coefficient (Wildman–Crippen LogP) is 4.30. The normalized spacial score (nSPS) is 18.6.